The number of nitrogens with zero attached hydrogens (tertiary/aromatic N) is 2. The molecule has 7 rings (SSSR count). The normalized spacial score (nSPS) is 24.7. The number of benzene rings is 2. The maximum absolute atomic E-state index is 13.7. The Bertz CT molecular complexity index is 1860. The van der Waals surface area contributed by atoms with Gasteiger partial charge in [0.1, 0.15) is 29.8 Å². The summed E-state index contributed by atoms with van der Waals surface area (Å²) in [6.45, 7) is -0.332. The van der Waals surface area contributed by atoms with E-state index in [2.05, 4.69) is 4.98 Å². The third-order valence-electron chi connectivity index (χ3n) is 10.7. The molecule has 14 heteroatoms. The van der Waals surface area contributed by atoms with Gasteiger partial charge in [-0.3, -0.25) is 9.78 Å². The second-order valence-corrected chi connectivity index (χ2v) is 16.6. The molecule has 1 aliphatic heterocycles. The fourth-order valence-corrected chi connectivity index (χ4v) is 9.03. The van der Waals surface area contributed by atoms with E-state index in [0.717, 1.165) is 48.1 Å². The van der Waals surface area contributed by atoms with Crippen molar-refractivity contribution in [3.05, 3.63) is 77.1 Å². The number of carbonyl (C=O) groups is 1. The number of aliphatic hydroxyl groups excluding tert-OH is 5. The maximum atomic E-state index is 13.7. The molecule has 5 N–H and O–H groups in total. The Kier molecular flexibility index (Phi) is 10.3. The number of halogens is 1. The molecule has 2 aromatic carbocycles. The molecule has 1 aromatic heterocycles. The predicted molar refractivity (Wildman–Crippen MR) is 185 cm³/mol. The van der Waals surface area contributed by atoms with E-state index in [1.165, 1.54) is 10.4 Å². The highest BCUT2D eigenvalue weighted by Crippen LogP contribution is 2.55. The zero-order valence-corrected chi connectivity index (χ0v) is 29.5. The topological polar surface area (TPSA) is 187 Å². The van der Waals surface area contributed by atoms with Gasteiger partial charge in [0.15, 0.2) is 0 Å². The van der Waals surface area contributed by atoms with Gasteiger partial charge in [-0.05, 0) is 85.4 Å². The number of ether oxygens (including phenoxy) is 2. The number of hydrogen-bond donors (Lipinski definition) is 5. The first kappa shape index (κ1) is 36.4. The van der Waals surface area contributed by atoms with Crippen LogP contribution in [0.2, 0.25) is 5.02 Å². The molecule has 51 heavy (non-hydrogen) atoms. The van der Waals surface area contributed by atoms with Gasteiger partial charge < -0.3 is 35.0 Å². The summed E-state index contributed by atoms with van der Waals surface area (Å²) in [5.41, 5.74) is 2.85. The van der Waals surface area contributed by atoms with Gasteiger partial charge in [0, 0.05) is 54.0 Å². The highest BCUT2D eigenvalue weighted by molar-refractivity contribution is 7.89. The monoisotopic (exact) mass is 742 g/mol. The average molecular weight is 743 g/mol. The molecule has 0 radical (unpaired) electrons. The molecule has 12 nitrogen and oxygen atoms in total. The first-order valence-electron chi connectivity index (χ1n) is 17.4. The molecule has 3 aliphatic carbocycles. The van der Waals surface area contributed by atoms with Gasteiger partial charge in [-0.2, -0.15) is 4.31 Å². The third kappa shape index (κ3) is 7.46. The Morgan fingerprint density at radius 3 is 2.37 bits per heavy atom. The van der Waals surface area contributed by atoms with Crippen molar-refractivity contribution in [2.24, 2.45) is 17.8 Å². The zero-order valence-electron chi connectivity index (χ0n) is 27.9. The number of aromatic nitrogens is 1. The SMILES string of the molecule is O=C(CC[C@H](O)[C@@H](O)[C@H](O)[C@H](O)CO)C1[C@H]2CN(S(=O)(=O)c3ccc(Cl)c(COC4(c5cnccc5-c5ccccc5OC5CC5)CC4)c3)C[C@@H]12. The average Bonchev–Trinajstić information content (AvgIpc) is 4.10. The lowest BCUT2D eigenvalue weighted by atomic mass is 9.96. The summed E-state index contributed by atoms with van der Waals surface area (Å²) in [5, 5.41) is 48.9. The first-order valence-corrected chi connectivity index (χ1v) is 19.2. The Hall–Kier alpha value is -2.98. The number of pyridine rings is 1. The predicted octanol–water partition coefficient (Wildman–Crippen LogP) is 2.80. The number of fused-ring (bicyclic) bond motifs is 1. The minimum Gasteiger partial charge on any atom is -0.490 e. The Labute approximate surface area is 301 Å². The van der Waals surface area contributed by atoms with Gasteiger partial charge in [-0.1, -0.05) is 29.8 Å². The molecular formula is C37H43ClN2O10S. The number of aliphatic hydroxyl groups is 5. The molecule has 274 valence electrons. The maximum Gasteiger partial charge on any atom is 0.243 e. The van der Waals surface area contributed by atoms with Crippen LogP contribution in [0.5, 0.6) is 5.75 Å². The summed E-state index contributed by atoms with van der Waals surface area (Å²) in [6.07, 6.45) is 0.658. The minimum absolute atomic E-state index is 0.0755. The Morgan fingerprint density at radius 1 is 0.980 bits per heavy atom. The fourth-order valence-electron chi connectivity index (χ4n) is 7.29. The molecule has 0 spiro atoms. The molecule has 4 fully saturated rings. The van der Waals surface area contributed by atoms with Crippen molar-refractivity contribution in [3.63, 3.8) is 0 Å². The molecule has 0 amide bonds. The number of hydrogen-bond acceptors (Lipinski definition) is 11. The van der Waals surface area contributed by atoms with Crippen LogP contribution in [0.3, 0.4) is 0 Å². The van der Waals surface area contributed by atoms with Crippen LogP contribution in [0.15, 0.2) is 65.8 Å². The number of ketones is 1. The minimum atomic E-state index is -3.89. The number of para-hydroxylation sites is 1. The molecule has 3 saturated carbocycles. The van der Waals surface area contributed by atoms with E-state index < -0.39 is 46.6 Å². The largest absolute Gasteiger partial charge is 0.490 e. The molecule has 2 heterocycles. The number of rotatable bonds is 17. The van der Waals surface area contributed by atoms with E-state index in [0.29, 0.717) is 10.6 Å². The van der Waals surface area contributed by atoms with E-state index in [1.807, 2.05) is 36.5 Å². The number of piperidine rings is 1. The van der Waals surface area contributed by atoms with Gasteiger partial charge in [0.2, 0.25) is 10.0 Å². The second-order valence-electron chi connectivity index (χ2n) is 14.2. The second kappa shape index (κ2) is 14.4. The van der Waals surface area contributed by atoms with E-state index in [1.54, 1.807) is 18.3 Å². The summed E-state index contributed by atoms with van der Waals surface area (Å²) in [4.78, 5) is 17.4. The van der Waals surface area contributed by atoms with Crippen molar-refractivity contribution in [3.8, 4) is 16.9 Å². The quantitative estimate of drug-likeness (QED) is 0.137. The van der Waals surface area contributed by atoms with Crippen molar-refractivity contribution >= 4 is 27.4 Å². The van der Waals surface area contributed by atoms with Crippen LogP contribution in [0.4, 0.5) is 0 Å². The lowest BCUT2D eigenvalue weighted by Gasteiger charge is -2.25. The van der Waals surface area contributed by atoms with Crippen LogP contribution in [-0.4, -0.2) is 99.2 Å². The molecule has 1 unspecified atom stereocenters. The van der Waals surface area contributed by atoms with Crippen molar-refractivity contribution in [1.82, 2.24) is 9.29 Å². The van der Waals surface area contributed by atoms with E-state index in [9.17, 15) is 33.6 Å². The summed E-state index contributed by atoms with van der Waals surface area (Å²) in [6, 6.07) is 14.5. The summed E-state index contributed by atoms with van der Waals surface area (Å²) >= 11 is 6.57. The van der Waals surface area contributed by atoms with Gasteiger partial charge in [-0.15, -0.1) is 0 Å². The van der Waals surface area contributed by atoms with Crippen LogP contribution in [0.25, 0.3) is 11.1 Å². The van der Waals surface area contributed by atoms with Crippen LogP contribution < -0.4 is 4.74 Å². The van der Waals surface area contributed by atoms with Crippen molar-refractivity contribution in [1.29, 1.82) is 0 Å². The Balaban J connectivity index is 0.976. The van der Waals surface area contributed by atoms with Gasteiger partial charge in [0.05, 0.1) is 35.9 Å². The van der Waals surface area contributed by atoms with Gasteiger partial charge >= 0.3 is 0 Å². The highest BCUT2D eigenvalue weighted by Gasteiger charge is 2.60. The Morgan fingerprint density at radius 2 is 1.69 bits per heavy atom. The van der Waals surface area contributed by atoms with Crippen molar-refractivity contribution in [2.75, 3.05) is 19.7 Å². The fraction of sp³-hybridized carbons (Fsp3) is 0.514. The van der Waals surface area contributed by atoms with Crippen molar-refractivity contribution in [2.45, 2.75) is 86.1 Å². The number of carbonyl (C=O) groups excluding carboxylic acids is 1. The zero-order chi connectivity index (χ0) is 36.1. The molecule has 0 bridgehead atoms. The first-order chi connectivity index (χ1) is 24.4. The van der Waals surface area contributed by atoms with E-state index in [-0.39, 0.29) is 67.1 Å². The van der Waals surface area contributed by atoms with Crippen LogP contribution in [-0.2, 0) is 31.8 Å². The van der Waals surface area contributed by atoms with E-state index in [4.69, 9.17) is 26.2 Å². The lowest BCUT2D eigenvalue weighted by Crippen LogP contribution is -2.45. The molecule has 4 aliphatic rings. The number of sulfonamides is 1. The van der Waals surface area contributed by atoms with Crippen LogP contribution in [0.1, 0.15) is 49.7 Å². The van der Waals surface area contributed by atoms with Crippen molar-refractivity contribution < 1.29 is 48.2 Å². The third-order valence-corrected chi connectivity index (χ3v) is 12.9. The molecule has 3 aromatic rings. The summed E-state index contributed by atoms with van der Waals surface area (Å²) < 4.78 is 41.6. The smallest absolute Gasteiger partial charge is 0.243 e. The highest BCUT2D eigenvalue weighted by atomic mass is 35.5. The summed E-state index contributed by atoms with van der Waals surface area (Å²) in [7, 11) is -3.89. The van der Waals surface area contributed by atoms with E-state index >= 15 is 0 Å². The van der Waals surface area contributed by atoms with Crippen LogP contribution in [0, 0.1) is 17.8 Å². The molecular weight excluding hydrogens is 700 g/mol. The van der Waals surface area contributed by atoms with Gasteiger partial charge in [0.25, 0.3) is 0 Å². The standard InChI is InChI=1S/C37H43ClN2O10S/c38-29-8-7-23(51(47,48)40-17-26-27(18-40)34(26)30(42)9-10-31(43)35(45)36(46)32(44)19-41)15-21(29)20-49-37(12-13-37)28-16-39-14-11-24(28)25-3-1-2-4-33(25)50-22-5-6-22/h1-4,7-8,11,14-16,22,26-27,31-32,34-36,41,43-46H,5-6,9-10,12-13,17-20H2/t26-,27+,31-,32+,34?,35+,36+/m0/s1. The number of Topliss-reactive ketones (excluding diaryl/α,β-unsaturated/α-hetero) is 1. The summed E-state index contributed by atoms with van der Waals surface area (Å²) in [5.74, 6) is 0.0398. The molecule has 7 atom stereocenters. The lowest BCUT2D eigenvalue weighted by molar-refractivity contribution is -0.126. The van der Waals surface area contributed by atoms with Gasteiger partial charge in [-0.25, -0.2) is 8.42 Å². The van der Waals surface area contributed by atoms with Crippen LogP contribution >= 0.6 is 11.6 Å². The molecule has 1 saturated heterocycles.